The maximum absolute atomic E-state index is 8.96. The van der Waals surface area contributed by atoms with Crippen LogP contribution in [0.1, 0.15) is 44.1 Å². The molecule has 1 fully saturated rings. The van der Waals surface area contributed by atoms with Crippen molar-refractivity contribution < 1.29 is 9.52 Å². The monoisotopic (exact) mass is 269 g/mol. The maximum Gasteiger partial charge on any atom is 0.129 e. The van der Waals surface area contributed by atoms with Crippen molar-refractivity contribution in [2.45, 2.75) is 57.1 Å². The van der Waals surface area contributed by atoms with Crippen LogP contribution >= 0.6 is 11.8 Å². The Morgan fingerprint density at radius 2 is 2.11 bits per heavy atom. The molecule has 0 amide bonds. The second-order valence-electron chi connectivity index (χ2n) is 4.79. The summed E-state index contributed by atoms with van der Waals surface area (Å²) in [4.78, 5) is 0. The van der Waals surface area contributed by atoms with E-state index in [2.05, 4.69) is 24.0 Å². The molecule has 1 aromatic heterocycles. The summed E-state index contributed by atoms with van der Waals surface area (Å²) >= 11 is 2.07. The van der Waals surface area contributed by atoms with Crippen LogP contribution in [0.25, 0.3) is 0 Å². The zero-order chi connectivity index (χ0) is 12.8. The lowest BCUT2D eigenvalue weighted by atomic mass is 9.95. The van der Waals surface area contributed by atoms with Gasteiger partial charge in [-0.2, -0.15) is 11.8 Å². The summed E-state index contributed by atoms with van der Waals surface area (Å²) in [6.45, 7) is 2.99. The van der Waals surface area contributed by atoms with Gasteiger partial charge in [-0.3, -0.25) is 0 Å². The fourth-order valence-corrected chi connectivity index (χ4v) is 3.80. The molecule has 0 aliphatic heterocycles. The van der Waals surface area contributed by atoms with Crippen LogP contribution in [0.15, 0.2) is 16.5 Å². The van der Waals surface area contributed by atoms with E-state index in [1.54, 1.807) is 0 Å². The van der Waals surface area contributed by atoms with Crippen molar-refractivity contribution in [2.24, 2.45) is 0 Å². The Morgan fingerprint density at radius 3 is 2.83 bits per heavy atom. The first-order chi connectivity index (χ1) is 8.83. The van der Waals surface area contributed by atoms with Gasteiger partial charge in [0.25, 0.3) is 0 Å². The van der Waals surface area contributed by atoms with Gasteiger partial charge < -0.3 is 14.8 Å². The summed E-state index contributed by atoms with van der Waals surface area (Å²) in [5.74, 6) is 2.76. The highest BCUT2D eigenvalue weighted by atomic mass is 32.2. The molecule has 1 saturated carbocycles. The summed E-state index contributed by atoms with van der Waals surface area (Å²) in [5.41, 5.74) is 0. The molecule has 2 rings (SSSR count). The number of aliphatic hydroxyl groups excluding tert-OH is 1. The Hall–Kier alpha value is -0.450. The lowest BCUT2D eigenvalue weighted by molar-refractivity contribution is 0.241. The standard InChI is InChI=1S/C14H23NO2S/c1-2-18-14-6-4-3-5-13(14)15-9-11-7-8-12(10-16)17-11/h7-8,13-16H,2-6,9-10H2,1H3/t13-,14+/m1/s1. The summed E-state index contributed by atoms with van der Waals surface area (Å²) in [6, 6.07) is 4.39. The third kappa shape index (κ3) is 3.77. The smallest absolute Gasteiger partial charge is 0.129 e. The average Bonchev–Trinajstić information content (AvgIpc) is 2.86. The zero-order valence-electron chi connectivity index (χ0n) is 11.0. The quantitative estimate of drug-likeness (QED) is 0.833. The van der Waals surface area contributed by atoms with Gasteiger partial charge in [0.15, 0.2) is 0 Å². The van der Waals surface area contributed by atoms with E-state index in [9.17, 15) is 0 Å². The van der Waals surface area contributed by atoms with Crippen LogP contribution < -0.4 is 5.32 Å². The highest BCUT2D eigenvalue weighted by Gasteiger charge is 2.24. The van der Waals surface area contributed by atoms with E-state index in [1.807, 2.05) is 12.1 Å². The van der Waals surface area contributed by atoms with Crippen LogP contribution in [0.2, 0.25) is 0 Å². The van der Waals surface area contributed by atoms with Gasteiger partial charge in [-0.15, -0.1) is 0 Å². The van der Waals surface area contributed by atoms with Gasteiger partial charge in [-0.05, 0) is 30.7 Å². The molecule has 2 N–H and O–H groups in total. The van der Waals surface area contributed by atoms with Crippen molar-refractivity contribution in [2.75, 3.05) is 5.75 Å². The predicted octanol–water partition coefficient (Wildman–Crippen LogP) is 2.93. The van der Waals surface area contributed by atoms with E-state index >= 15 is 0 Å². The second-order valence-corrected chi connectivity index (χ2v) is 6.31. The Labute approximate surface area is 113 Å². The van der Waals surface area contributed by atoms with Crippen molar-refractivity contribution in [3.05, 3.63) is 23.7 Å². The molecule has 3 nitrogen and oxygen atoms in total. The van der Waals surface area contributed by atoms with Gasteiger partial charge in [-0.25, -0.2) is 0 Å². The molecule has 0 spiro atoms. The molecule has 0 unspecified atom stereocenters. The largest absolute Gasteiger partial charge is 0.462 e. The van der Waals surface area contributed by atoms with Crippen LogP contribution in [0.5, 0.6) is 0 Å². The van der Waals surface area contributed by atoms with Gasteiger partial charge in [0.1, 0.15) is 18.1 Å². The molecule has 1 aliphatic carbocycles. The Bertz CT molecular complexity index is 351. The molecule has 0 bridgehead atoms. The van der Waals surface area contributed by atoms with Crippen molar-refractivity contribution in [1.82, 2.24) is 5.32 Å². The molecule has 4 heteroatoms. The van der Waals surface area contributed by atoms with Crippen molar-refractivity contribution in [3.63, 3.8) is 0 Å². The highest BCUT2D eigenvalue weighted by molar-refractivity contribution is 7.99. The van der Waals surface area contributed by atoms with E-state index in [1.165, 1.54) is 31.4 Å². The van der Waals surface area contributed by atoms with Crippen LogP contribution in [0.3, 0.4) is 0 Å². The minimum Gasteiger partial charge on any atom is -0.462 e. The third-order valence-corrected chi connectivity index (χ3v) is 4.82. The van der Waals surface area contributed by atoms with E-state index in [-0.39, 0.29) is 6.61 Å². The van der Waals surface area contributed by atoms with Crippen LogP contribution in [-0.4, -0.2) is 22.2 Å². The van der Waals surface area contributed by atoms with Gasteiger partial charge in [0.05, 0.1) is 6.54 Å². The number of rotatable bonds is 6. The van der Waals surface area contributed by atoms with E-state index in [0.717, 1.165) is 17.6 Å². The average molecular weight is 269 g/mol. The molecule has 0 saturated heterocycles. The van der Waals surface area contributed by atoms with E-state index in [4.69, 9.17) is 9.52 Å². The van der Waals surface area contributed by atoms with Crippen LogP contribution in [0.4, 0.5) is 0 Å². The SMILES string of the molecule is CCS[C@H]1CCCC[C@H]1NCc1ccc(CO)o1. The van der Waals surface area contributed by atoms with Gasteiger partial charge in [0, 0.05) is 11.3 Å². The molecular formula is C14H23NO2S. The van der Waals surface area contributed by atoms with Crippen molar-refractivity contribution in [3.8, 4) is 0 Å². The molecular weight excluding hydrogens is 246 g/mol. The number of aliphatic hydroxyl groups is 1. The molecule has 18 heavy (non-hydrogen) atoms. The minimum absolute atomic E-state index is 0.0161. The number of thioether (sulfide) groups is 1. The zero-order valence-corrected chi connectivity index (χ0v) is 11.8. The Kier molecular flexibility index (Phi) is 5.60. The number of hydrogen-bond donors (Lipinski definition) is 2. The molecule has 0 aromatic carbocycles. The number of hydrogen-bond acceptors (Lipinski definition) is 4. The molecule has 1 heterocycles. The second kappa shape index (κ2) is 7.22. The number of nitrogens with one attached hydrogen (secondary N) is 1. The van der Waals surface area contributed by atoms with E-state index in [0.29, 0.717) is 11.8 Å². The molecule has 1 aliphatic rings. The van der Waals surface area contributed by atoms with Gasteiger partial charge >= 0.3 is 0 Å². The minimum atomic E-state index is -0.0161. The fraction of sp³-hybridized carbons (Fsp3) is 0.714. The molecule has 2 atom stereocenters. The number of furan rings is 1. The fourth-order valence-electron chi connectivity index (χ4n) is 2.58. The first-order valence-electron chi connectivity index (χ1n) is 6.87. The maximum atomic E-state index is 8.96. The lowest BCUT2D eigenvalue weighted by Gasteiger charge is -2.31. The Morgan fingerprint density at radius 1 is 1.33 bits per heavy atom. The Balaban J connectivity index is 1.83. The van der Waals surface area contributed by atoms with Gasteiger partial charge in [0.2, 0.25) is 0 Å². The lowest BCUT2D eigenvalue weighted by Crippen LogP contribution is -2.40. The predicted molar refractivity (Wildman–Crippen MR) is 75.6 cm³/mol. The van der Waals surface area contributed by atoms with Crippen LogP contribution in [-0.2, 0) is 13.2 Å². The molecule has 1 aromatic rings. The summed E-state index contributed by atoms with van der Waals surface area (Å²) in [5, 5.41) is 13.3. The van der Waals surface area contributed by atoms with E-state index < -0.39 is 0 Å². The molecule has 102 valence electrons. The first-order valence-corrected chi connectivity index (χ1v) is 7.91. The van der Waals surface area contributed by atoms with Crippen molar-refractivity contribution >= 4 is 11.8 Å². The van der Waals surface area contributed by atoms with Gasteiger partial charge in [-0.1, -0.05) is 19.8 Å². The molecule has 0 radical (unpaired) electrons. The topological polar surface area (TPSA) is 45.4 Å². The summed E-state index contributed by atoms with van der Waals surface area (Å²) < 4.78 is 5.50. The summed E-state index contributed by atoms with van der Waals surface area (Å²) in [7, 11) is 0. The first kappa shape index (κ1) is 14.0. The van der Waals surface area contributed by atoms with Crippen LogP contribution in [0, 0.1) is 0 Å². The third-order valence-electron chi connectivity index (χ3n) is 3.49. The highest BCUT2D eigenvalue weighted by Crippen LogP contribution is 2.28. The normalized spacial score (nSPS) is 24.3. The summed E-state index contributed by atoms with van der Waals surface area (Å²) in [6.07, 6.45) is 5.30. The van der Waals surface area contributed by atoms with Crippen molar-refractivity contribution in [1.29, 1.82) is 0 Å².